The van der Waals surface area contributed by atoms with Crippen molar-refractivity contribution >= 4 is 11.4 Å². The molecule has 0 aromatic heterocycles. The van der Waals surface area contributed by atoms with Crippen LogP contribution in [0.15, 0.2) is 42.5 Å². The number of nitrogens with zero attached hydrogens (tertiary/aromatic N) is 1. The number of para-hydroxylation sites is 1. The second kappa shape index (κ2) is 4.67. The molecule has 0 saturated heterocycles. The average molecular weight is 226 g/mol. The number of nitrogens with one attached hydrogen (secondary N) is 1. The van der Waals surface area contributed by atoms with Crippen molar-refractivity contribution in [3.8, 4) is 6.07 Å². The van der Waals surface area contributed by atoms with Crippen molar-refractivity contribution in [2.24, 2.45) is 0 Å². The molecule has 3 heteroatoms. The van der Waals surface area contributed by atoms with Gasteiger partial charge in [0.25, 0.3) is 0 Å². The molecule has 0 radical (unpaired) electrons. The molecule has 2 aromatic carbocycles. The number of benzene rings is 2. The third-order valence-electron chi connectivity index (χ3n) is 2.44. The van der Waals surface area contributed by atoms with Crippen LogP contribution < -0.4 is 5.32 Å². The smallest absolute Gasteiger partial charge is 0.146 e. The summed E-state index contributed by atoms with van der Waals surface area (Å²) in [5.74, 6) is -0.322. The van der Waals surface area contributed by atoms with E-state index in [1.165, 1.54) is 6.07 Å². The van der Waals surface area contributed by atoms with Crippen LogP contribution in [0, 0.1) is 24.1 Å². The molecular formula is C14H11FN2. The van der Waals surface area contributed by atoms with Gasteiger partial charge in [-0.3, -0.25) is 0 Å². The lowest BCUT2D eigenvalue weighted by atomic mass is 10.1. The standard InChI is InChI=1S/C14H11FN2/c1-10-6-7-14(12(15)8-10)17-13-5-3-2-4-11(13)9-16/h2-8,17H,1H3. The molecular weight excluding hydrogens is 215 g/mol. The van der Waals surface area contributed by atoms with Gasteiger partial charge in [-0.1, -0.05) is 18.2 Å². The Bertz CT molecular complexity index is 585. The first-order chi connectivity index (χ1) is 8.20. The Morgan fingerprint density at radius 2 is 1.88 bits per heavy atom. The van der Waals surface area contributed by atoms with E-state index in [0.29, 0.717) is 16.9 Å². The van der Waals surface area contributed by atoms with E-state index < -0.39 is 0 Å². The molecule has 0 bridgehead atoms. The zero-order chi connectivity index (χ0) is 12.3. The van der Waals surface area contributed by atoms with Crippen molar-refractivity contribution in [1.82, 2.24) is 0 Å². The monoisotopic (exact) mass is 226 g/mol. The quantitative estimate of drug-likeness (QED) is 0.846. The molecule has 2 nitrogen and oxygen atoms in total. The molecule has 0 heterocycles. The van der Waals surface area contributed by atoms with Crippen molar-refractivity contribution in [1.29, 1.82) is 5.26 Å². The molecule has 0 unspecified atom stereocenters. The van der Waals surface area contributed by atoms with Gasteiger partial charge in [-0.05, 0) is 36.8 Å². The third kappa shape index (κ3) is 2.43. The third-order valence-corrected chi connectivity index (χ3v) is 2.44. The topological polar surface area (TPSA) is 35.8 Å². The van der Waals surface area contributed by atoms with Crippen molar-refractivity contribution in [2.75, 3.05) is 5.32 Å². The number of nitriles is 1. The highest BCUT2D eigenvalue weighted by molar-refractivity contribution is 5.66. The van der Waals surface area contributed by atoms with Gasteiger partial charge in [-0.25, -0.2) is 4.39 Å². The molecule has 0 aliphatic heterocycles. The summed E-state index contributed by atoms with van der Waals surface area (Å²) in [6.07, 6.45) is 0. The lowest BCUT2D eigenvalue weighted by molar-refractivity contribution is 0.630. The van der Waals surface area contributed by atoms with Gasteiger partial charge < -0.3 is 5.32 Å². The van der Waals surface area contributed by atoms with Crippen molar-refractivity contribution in [2.45, 2.75) is 6.92 Å². The zero-order valence-electron chi connectivity index (χ0n) is 9.37. The van der Waals surface area contributed by atoms with Crippen LogP contribution in [0.5, 0.6) is 0 Å². The largest absolute Gasteiger partial charge is 0.352 e. The maximum absolute atomic E-state index is 13.6. The Kier molecular flexibility index (Phi) is 3.06. The molecule has 17 heavy (non-hydrogen) atoms. The summed E-state index contributed by atoms with van der Waals surface area (Å²) in [6, 6.07) is 14.0. The first-order valence-corrected chi connectivity index (χ1v) is 5.23. The molecule has 2 rings (SSSR count). The number of hydrogen-bond donors (Lipinski definition) is 1. The summed E-state index contributed by atoms with van der Waals surface area (Å²) in [5.41, 5.74) is 2.34. The Hall–Kier alpha value is -2.34. The minimum absolute atomic E-state index is 0.322. The highest BCUT2D eigenvalue weighted by atomic mass is 19.1. The van der Waals surface area contributed by atoms with E-state index in [1.807, 2.05) is 13.0 Å². The van der Waals surface area contributed by atoms with Crippen LogP contribution in [0.4, 0.5) is 15.8 Å². The summed E-state index contributed by atoms with van der Waals surface area (Å²) in [7, 11) is 0. The molecule has 84 valence electrons. The van der Waals surface area contributed by atoms with Gasteiger partial charge in [-0.15, -0.1) is 0 Å². The van der Waals surface area contributed by atoms with Crippen LogP contribution in [0.2, 0.25) is 0 Å². The summed E-state index contributed by atoms with van der Waals surface area (Å²) in [5, 5.41) is 11.8. The second-order valence-corrected chi connectivity index (χ2v) is 3.77. The Labute approximate surface area is 99.3 Å². The number of aryl methyl sites for hydroxylation is 1. The minimum atomic E-state index is -0.322. The molecule has 0 atom stereocenters. The highest BCUT2D eigenvalue weighted by Crippen LogP contribution is 2.23. The first-order valence-electron chi connectivity index (χ1n) is 5.23. The average Bonchev–Trinajstić information content (AvgIpc) is 2.33. The van der Waals surface area contributed by atoms with E-state index in [0.717, 1.165) is 5.56 Å². The highest BCUT2D eigenvalue weighted by Gasteiger charge is 2.05. The van der Waals surface area contributed by atoms with Gasteiger partial charge in [-0.2, -0.15) is 5.26 Å². The number of anilines is 2. The van der Waals surface area contributed by atoms with E-state index in [-0.39, 0.29) is 5.82 Å². The molecule has 0 aliphatic carbocycles. The summed E-state index contributed by atoms with van der Waals surface area (Å²) < 4.78 is 13.6. The Morgan fingerprint density at radius 3 is 2.59 bits per heavy atom. The van der Waals surface area contributed by atoms with E-state index in [4.69, 9.17) is 5.26 Å². The molecule has 2 aromatic rings. The van der Waals surface area contributed by atoms with Crippen molar-refractivity contribution < 1.29 is 4.39 Å². The summed E-state index contributed by atoms with van der Waals surface area (Å²) in [6.45, 7) is 1.83. The molecule has 0 saturated carbocycles. The summed E-state index contributed by atoms with van der Waals surface area (Å²) >= 11 is 0. The fourth-order valence-corrected chi connectivity index (χ4v) is 1.56. The van der Waals surface area contributed by atoms with E-state index in [9.17, 15) is 4.39 Å². The maximum atomic E-state index is 13.6. The molecule has 0 amide bonds. The van der Waals surface area contributed by atoms with Crippen LogP contribution in [0.3, 0.4) is 0 Å². The van der Waals surface area contributed by atoms with Gasteiger partial charge in [0.05, 0.1) is 16.9 Å². The van der Waals surface area contributed by atoms with E-state index >= 15 is 0 Å². The van der Waals surface area contributed by atoms with Crippen molar-refractivity contribution in [3.63, 3.8) is 0 Å². The lowest BCUT2D eigenvalue weighted by Crippen LogP contribution is -1.96. The second-order valence-electron chi connectivity index (χ2n) is 3.77. The van der Waals surface area contributed by atoms with Gasteiger partial charge >= 0.3 is 0 Å². The number of halogens is 1. The fourth-order valence-electron chi connectivity index (χ4n) is 1.56. The van der Waals surface area contributed by atoms with E-state index in [1.54, 1.807) is 30.3 Å². The fraction of sp³-hybridized carbons (Fsp3) is 0.0714. The van der Waals surface area contributed by atoms with Crippen LogP contribution >= 0.6 is 0 Å². The molecule has 0 spiro atoms. The van der Waals surface area contributed by atoms with Gasteiger partial charge in [0.15, 0.2) is 0 Å². The minimum Gasteiger partial charge on any atom is -0.352 e. The summed E-state index contributed by atoms with van der Waals surface area (Å²) in [4.78, 5) is 0. The molecule has 0 aliphatic rings. The Morgan fingerprint density at radius 1 is 1.12 bits per heavy atom. The van der Waals surface area contributed by atoms with Crippen LogP contribution in [0.25, 0.3) is 0 Å². The maximum Gasteiger partial charge on any atom is 0.146 e. The van der Waals surface area contributed by atoms with Gasteiger partial charge in [0, 0.05) is 0 Å². The van der Waals surface area contributed by atoms with Gasteiger partial charge in [0.2, 0.25) is 0 Å². The first kappa shape index (κ1) is 11.2. The number of rotatable bonds is 2. The Balaban J connectivity index is 2.35. The van der Waals surface area contributed by atoms with Crippen LogP contribution in [-0.2, 0) is 0 Å². The normalized spacial score (nSPS) is 9.71. The van der Waals surface area contributed by atoms with Crippen LogP contribution in [0.1, 0.15) is 11.1 Å². The van der Waals surface area contributed by atoms with Gasteiger partial charge in [0.1, 0.15) is 11.9 Å². The van der Waals surface area contributed by atoms with Crippen LogP contribution in [-0.4, -0.2) is 0 Å². The molecule has 0 fully saturated rings. The predicted octanol–water partition coefficient (Wildman–Crippen LogP) is 3.75. The molecule has 1 N–H and O–H groups in total. The lowest BCUT2D eigenvalue weighted by Gasteiger charge is -2.09. The SMILES string of the molecule is Cc1ccc(Nc2ccccc2C#N)c(F)c1. The zero-order valence-corrected chi connectivity index (χ0v) is 9.37. The van der Waals surface area contributed by atoms with Crippen molar-refractivity contribution in [3.05, 3.63) is 59.4 Å². The predicted molar refractivity (Wildman–Crippen MR) is 65.6 cm³/mol. The van der Waals surface area contributed by atoms with E-state index in [2.05, 4.69) is 11.4 Å². The number of hydrogen-bond acceptors (Lipinski definition) is 2.